The van der Waals surface area contributed by atoms with Crippen LogP contribution in [-0.4, -0.2) is 17.3 Å². The number of benzene rings is 1. The van der Waals surface area contributed by atoms with E-state index in [9.17, 15) is 0 Å². The molecule has 0 saturated carbocycles. The van der Waals surface area contributed by atoms with Gasteiger partial charge in [0.15, 0.2) is 0 Å². The van der Waals surface area contributed by atoms with Crippen molar-refractivity contribution in [3.63, 3.8) is 0 Å². The van der Waals surface area contributed by atoms with E-state index >= 15 is 0 Å². The van der Waals surface area contributed by atoms with Gasteiger partial charge in [-0.3, -0.25) is 4.98 Å². The lowest BCUT2D eigenvalue weighted by atomic mass is 9.82. The Morgan fingerprint density at radius 3 is 2.68 bits per heavy atom. The quantitative estimate of drug-likeness (QED) is 0.845. The lowest BCUT2D eigenvalue weighted by molar-refractivity contribution is 0.166. The van der Waals surface area contributed by atoms with Gasteiger partial charge < -0.3 is 4.74 Å². The summed E-state index contributed by atoms with van der Waals surface area (Å²) in [5.41, 5.74) is 1.17. The van der Waals surface area contributed by atoms with Crippen molar-refractivity contribution in [1.82, 2.24) is 4.98 Å². The number of fused-ring (bicyclic) bond motifs is 1. The third-order valence-electron chi connectivity index (χ3n) is 3.49. The molecule has 0 amide bonds. The van der Waals surface area contributed by atoms with Gasteiger partial charge in [0.05, 0.1) is 12.1 Å². The summed E-state index contributed by atoms with van der Waals surface area (Å²) >= 11 is 4.44. The highest BCUT2D eigenvalue weighted by Crippen LogP contribution is 2.29. The van der Waals surface area contributed by atoms with Crippen molar-refractivity contribution in [3.8, 4) is 5.75 Å². The molecular weight excluding hydrogens is 254 g/mol. The molecule has 0 aliphatic carbocycles. The van der Waals surface area contributed by atoms with Crippen molar-refractivity contribution < 1.29 is 4.74 Å². The molecular formula is C16H21NOS. The van der Waals surface area contributed by atoms with Crippen LogP contribution in [0.15, 0.2) is 36.5 Å². The Balaban J connectivity index is 2.18. The van der Waals surface area contributed by atoms with E-state index in [1.165, 1.54) is 0 Å². The molecule has 1 aromatic carbocycles. The lowest BCUT2D eigenvalue weighted by Gasteiger charge is -2.29. The van der Waals surface area contributed by atoms with Gasteiger partial charge in [-0.2, -0.15) is 12.6 Å². The van der Waals surface area contributed by atoms with Crippen LogP contribution in [0.3, 0.4) is 0 Å². The Morgan fingerprint density at radius 1 is 1.21 bits per heavy atom. The Bertz CT molecular complexity index is 542. The second-order valence-corrected chi connectivity index (χ2v) is 6.25. The first-order chi connectivity index (χ1) is 9.02. The molecule has 1 aromatic heterocycles. The zero-order valence-electron chi connectivity index (χ0n) is 11.8. The average Bonchev–Trinajstić information content (AvgIpc) is 2.38. The molecule has 0 N–H and O–H groups in total. The van der Waals surface area contributed by atoms with Gasteiger partial charge in [-0.1, -0.05) is 26.8 Å². The van der Waals surface area contributed by atoms with Crippen LogP contribution in [0.1, 0.15) is 20.8 Å². The SMILES string of the molecule is CC(C)(C)C(CS)COc1cccc2ncccc12. The van der Waals surface area contributed by atoms with Crippen molar-refractivity contribution in [2.45, 2.75) is 20.8 Å². The summed E-state index contributed by atoms with van der Waals surface area (Å²) in [7, 11) is 0. The van der Waals surface area contributed by atoms with Crippen molar-refractivity contribution in [1.29, 1.82) is 0 Å². The molecule has 19 heavy (non-hydrogen) atoms. The van der Waals surface area contributed by atoms with Crippen LogP contribution in [0.5, 0.6) is 5.75 Å². The van der Waals surface area contributed by atoms with Gasteiger partial charge in [-0.05, 0) is 35.4 Å². The molecule has 1 unspecified atom stereocenters. The fraction of sp³-hybridized carbons (Fsp3) is 0.438. The van der Waals surface area contributed by atoms with E-state index in [0.29, 0.717) is 12.5 Å². The maximum atomic E-state index is 6.01. The summed E-state index contributed by atoms with van der Waals surface area (Å²) in [5, 5.41) is 1.07. The first-order valence-corrected chi connectivity index (χ1v) is 7.23. The molecule has 0 bridgehead atoms. The van der Waals surface area contributed by atoms with Gasteiger partial charge in [0, 0.05) is 17.5 Å². The Hall–Kier alpha value is -1.22. The number of rotatable bonds is 4. The Morgan fingerprint density at radius 2 is 2.00 bits per heavy atom. The zero-order valence-corrected chi connectivity index (χ0v) is 12.7. The second kappa shape index (κ2) is 5.83. The number of hydrogen-bond acceptors (Lipinski definition) is 3. The first kappa shape index (κ1) is 14.2. The van der Waals surface area contributed by atoms with Crippen LogP contribution in [0.25, 0.3) is 10.9 Å². The summed E-state index contributed by atoms with van der Waals surface area (Å²) in [6.07, 6.45) is 1.80. The summed E-state index contributed by atoms with van der Waals surface area (Å²) in [4.78, 5) is 4.34. The third-order valence-corrected chi connectivity index (χ3v) is 3.93. The van der Waals surface area contributed by atoms with E-state index in [2.05, 4.69) is 38.4 Å². The van der Waals surface area contributed by atoms with Gasteiger partial charge in [-0.25, -0.2) is 0 Å². The predicted octanol–water partition coefficient (Wildman–Crippen LogP) is 4.21. The van der Waals surface area contributed by atoms with E-state index < -0.39 is 0 Å². The van der Waals surface area contributed by atoms with Gasteiger partial charge >= 0.3 is 0 Å². The fourth-order valence-electron chi connectivity index (χ4n) is 1.97. The van der Waals surface area contributed by atoms with E-state index in [-0.39, 0.29) is 5.41 Å². The summed E-state index contributed by atoms with van der Waals surface area (Å²) in [6.45, 7) is 7.35. The van der Waals surface area contributed by atoms with Crippen molar-refractivity contribution >= 4 is 23.5 Å². The maximum Gasteiger partial charge on any atom is 0.128 e. The van der Waals surface area contributed by atoms with E-state index in [0.717, 1.165) is 22.4 Å². The molecule has 2 aromatic rings. The van der Waals surface area contributed by atoms with Crippen molar-refractivity contribution in [3.05, 3.63) is 36.5 Å². The van der Waals surface area contributed by atoms with E-state index in [1.807, 2.05) is 30.3 Å². The zero-order chi connectivity index (χ0) is 13.9. The number of pyridine rings is 1. The van der Waals surface area contributed by atoms with Crippen LogP contribution >= 0.6 is 12.6 Å². The van der Waals surface area contributed by atoms with Crippen molar-refractivity contribution in [2.24, 2.45) is 11.3 Å². The molecule has 0 fully saturated rings. The average molecular weight is 275 g/mol. The lowest BCUT2D eigenvalue weighted by Crippen LogP contribution is -2.28. The smallest absolute Gasteiger partial charge is 0.128 e. The normalized spacial score (nSPS) is 13.5. The molecule has 0 spiro atoms. The first-order valence-electron chi connectivity index (χ1n) is 6.60. The molecule has 0 radical (unpaired) electrons. The number of nitrogens with zero attached hydrogens (tertiary/aromatic N) is 1. The molecule has 2 nitrogen and oxygen atoms in total. The van der Waals surface area contributed by atoms with Crippen LogP contribution in [-0.2, 0) is 0 Å². The second-order valence-electron chi connectivity index (χ2n) is 5.88. The topological polar surface area (TPSA) is 22.1 Å². The molecule has 0 aliphatic rings. The van der Waals surface area contributed by atoms with Gasteiger partial charge in [0.25, 0.3) is 0 Å². The summed E-state index contributed by atoms with van der Waals surface area (Å²) in [5.74, 6) is 2.15. The van der Waals surface area contributed by atoms with Crippen LogP contribution in [0.2, 0.25) is 0 Å². The molecule has 0 saturated heterocycles. The largest absolute Gasteiger partial charge is 0.493 e. The molecule has 2 rings (SSSR count). The molecule has 1 heterocycles. The number of thiol groups is 1. The molecule has 0 aliphatic heterocycles. The number of ether oxygens (including phenoxy) is 1. The van der Waals surface area contributed by atoms with E-state index in [1.54, 1.807) is 6.20 Å². The highest BCUT2D eigenvalue weighted by atomic mass is 32.1. The number of aromatic nitrogens is 1. The molecule has 1 atom stereocenters. The highest BCUT2D eigenvalue weighted by Gasteiger charge is 2.24. The minimum absolute atomic E-state index is 0.199. The summed E-state index contributed by atoms with van der Waals surface area (Å²) < 4.78 is 6.01. The predicted molar refractivity (Wildman–Crippen MR) is 84.0 cm³/mol. The van der Waals surface area contributed by atoms with Gasteiger partial charge in [0.2, 0.25) is 0 Å². The standard InChI is InChI=1S/C16H21NOS/c1-16(2,3)12(11-19)10-18-15-8-4-7-14-13(15)6-5-9-17-14/h4-9,12,19H,10-11H2,1-3H3. The van der Waals surface area contributed by atoms with Gasteiger partial charge in [0.1, 0.15) is 5.75 Å². The number of hydrogen-bond donors (Lipinski definition) is 1. The van der Waals surface area contributed by atoms with Crippen LogP contribution < -0.4 is 4.74 Å². The van der Waals surface area contributed by atoms with E-state index in [4.69, 9.17) is 4.74 Å². The Labute approximate surface area is 120 Å². The van der Waals surface area contributed by atoms with Crippen LogP contribution in [0, 0.1) is 11.3 Å². The third kappa shape index (κ3) is 3.41. The van der Waals surface area contributed by atoms with Crippen LogP contribution in [0.4, 0.5) is 0 Å². The molecule has 102 valence electrons. The molecule has 3 heteroatoms. The Kier molecular flexibility index (Phi) is 4.35. The minimum Gasteiger partial charge on any atom is -0.493 e. The fourth-order valence-corrected chi connectivity index (χ4v) is 2.62. The van der Waals surface area contributed by atoms with Gasteiger partial charge in [-0.15, -0.1) is 0 Å². The minimum atomic E-state index is 0.199. The highest BCUT2D eigenvalue weighted by molar-refractivity contribution is 7.80. The van der Waals surface area contributed by atoms with Crippen molar-refractivity contribution in [2.75, 3.05) is 12.4 Å². The monoisotopic (exact) mass is 275 g/mol. The summed E-state index contributed by atoms with van der Waals surface area (Å²) in [6, 6.07) is 9.97. The maximum absolute atomic E-state index is 6.01.